The van der Waals surface area contributed by atoms with Gasteiger partial charge in [-0.25, -0.2) is 16.8 Å². The summed E-state index contributed by atoms with van der Waals surface area (Å²) in [7, 11) is -6.38. The van der Waals surface area contributed by atoms with E-state index >= 15 is 0 Å². The van der Waals surface area contributed by atoms with Gasteiger partial charge >= 0.3 is 0 Å². The van der Waals surface area contributed by atoms with Crippen molar-refractivity contribution in [3.8, 4) is 0 Å². The SMILES string of the molecule is CNC(=O)Cc1[nH]nc2ccc(NS(=O)(=O)c3ccccc3S(C)(=O)=O)cc12. The molecule has 0 aliphatic carbocycles. The Morgan fingerprint density at radius 2 is 1.75 bits per heavy atom. The monoisotopic (exact) mass is 422 g/mol. The molecule has 28 heavy (non-hydrogen) atoms. The molecule has 1 heterocycles. The maximum absolute atomic E-state index is 12.8. The molecule has 3 aromatic rings. The molecule has 0 unspecified atom stereocenters. The average molecular weight is 422 g/mol. The quantitative estimate of drug-likeness (QED) is 0.543. The summed E-state index contributed by atoms with van der Waals surface area (Å²) in [6, 6.07) is 10.0. The molecular weight excluding hydrogens is 404 g/mol. The minimum Gasteiger partial charge on any atom is -0.359 e. The van der Waals surface area contributed by atoms with Crippen LogP contribution in [-0.2, 0) is 31.1 Å². The van der Waals surface area contributed by atoms with Gasteiger partial charge in [0, 0.05) is 24.4 Å². The number of H-pyrrole nitrogens is 1. The smallest absolute Gasteiger partial charge is 0.263 e. The van der Waals surface area contributed by atoms with Crippen LogP contribution in [0.5, 0.6) is 0 Å². The van der Waals surface area contributed by atoms with E-state index in [4.69, 9.17) is 0 Å². The highest BCUT2D eigenvalue weighted by atomic mass is 32.2. The van der Waals surface area contributed by atoms with E-state index in [-0.39, 0.29) is 27.8 Å². The third kappa shape index (κ3) is 3.99. The molecule has 1 aromatic heterocycles. The van der Waals surface area contributed by atoms with Gasteiger partial charge in [0.2, 0.25) is 5.91 Å². The molecule has 0 fully saturated rings. The fourth-order valence-electron chi connectivity index (χ4n) is 2.70. The Balaban J connectivity index is 2.01. The van der Waals surface area contributed by atoms with Crippen molar-refractivity contribution in [2.24, 2.45) is 0 Å². The number of nitrogens with zero attached hydrogens (tertiary/aromatic N) is 1. The van der Waals surface area contributed by atoms with Gasteiger partial charge in [0.1, 0.15) is 4.90 Å². The Morgan fingerprint density at radius 1 is 1.07 bits per heavy atom. The van der Waals surface area contributed by atoms with E-state index < -0.39 is 19.9 Å². The number of amides is 1. The summed E-state index contributed by atoms with van der Waals surface area (Å²) in [5, 5.41) is 9.94. The highest BCUT2D eigenvalue weighted by Crippen LogP contribution is 2.26. The van der Waals surface area contributed by atoms with Crippen molar-refractivity contribution in [1.82, 2.24) is 15.5 Å². The van der Waals surface area contributed by atoms with Crippen molar-refractivity contribution in [2.75, 3.05) is 18.0 Å². The fourth-order valence-corrected chi connectivity index (χ4v) is 5.38. The van der Waals surface area contributed by atoms with E-state index in [1.807, 2.05) is 0 Å². The molecule has 0 saturated heterocycles. The molecule has 0 atom stereocenters. The van der Waals surface area contributed by atoms with E-state index in [1.54, 1.807) is 6.07 Å². The number of likely N-dealkylation sites (N-methyl/N-ethyl adjacent to an activating group) is 1. The van der Waals surface area contributed by atoms with Crippen LogP contribution in [0.1, 0.15) is 5.69 Å². The lowest BCUT2D eigenvalue weighted by atomic mass is 10.1. The third-order valence-corrected chi connectivity index (χ3v) is 6.76. The molecule has 3 rings (SSSR count). The van der Waals surface area contributed by atoms with Gasteiger partial charge in [0.15, 0.2) is 9.84 Å². The zero-order valence-electron chi connectivity index (χ0n) is 15.1. The first-order chi connectivity index (χ1) is 13.1. The molecule has 11 heteroatoms. The number of aromatic nitrogens is 2. The zero-order valence-corrected chi connectivity index (χ0v) is 16.7. The molecule has 0 aliphatic heterocycles. The van der Waals surface area contributed by atoms with Crippen LogP contribution in [0, 0.1) is 0 Å². The summed E-state index contributed by atoms with van der Waals surface area (Å²) in [5.74, 6) is -0.224. The number of aromatic amines is 1. The second-order valence-electron chi connectivity index (χ2n) is 6.11. The van der Waals surface area contributed by atoms with E-state index in [9.17, 15) is 21.6 Å². The van der Waals surface area contributed by atoms with Crippen molar-refractivity contribution in [1.29, 1.82) is 0 Å². The molecule has 3 N–H and O–H groups in total. The second kappa shape index (κ2) is 7.24. The first-order valence-corrected chi connectivity index (χ1v) is 11.5. The first-order valence-electron chi connectivity index (χ1n) is 8.11. The van der Waals surface area contributed by atoms with Crippen LogP contribution in [-0.4, -0.2) is 46.2 Å². The second-order valence-corrected chi connectivity index (χ2v) is 9.74. The van der Waals surface area contributed by atoms with Crippen molar-refractivity contribution >= 4 is 42.4 Å². The summed E-state index contributed by atoms with van der Waals surface area (Å²) < 4.78 is 51.8. The Kier molecular flexibility index (Phi) is 5.13. The molecule has 9 nitrogen and oxygen atoms in total. The molecule has 148 valence electrons. The highest BCUT2D eigenvalue weighted by Gasteiger charge is 2.24. The number of hydrogen-bond acceptors (Lipinski definition) is 6. The van der Waals surface area contributed by atoms with E-state index in [0.29, 0.717) is 16.6 Å². The lowest BCUT2D eigenvalue weighted by molar-refractivity contribution is -0.120. The van der Waals surface area contributed by atoms with Gasteiger partial charge < -0.3 is 5.32 Å². The highest BCUT2D eigenvalue weighted by molar-refractivity contribution is 7.95. The number of hydrogen-bond donors (Lipinski definition) is 3. The number of sulfonamides is 1. The molecule has 0 bridgehead atoms. The minimum absolute atomic E-state index is 0.0557. The van der Waals surface area contributed by atoms with Gasteiger partial charge in [-0.1, -0.05) is 12.1 Å². The van der Waals surface area contributed by atoms with Crippen LogP contribution in [0.25, 0.3) is 10.9 Å². The number of anilines is 1. The number of rotatable bonds is 6. The van der Waals surface area contributed by atoms with Crippen LogP contribution < -0.4 is 10.0 Å². The van der Waals surface area contributed by atoms with Crippen molar-refractivity contribution in [3.63, 3.8) is 0 Å². The predicted octanol–water partition coefficient (Wildman–Crippen LogP) is 1.06. The molecule has 2 aromatic carbocycles. The Labute approximate surface area is 162 Å². The molecule has 0 saturated carbocycles. The maximum atomic E-state index is 12.8. The van der Waals surface area contributed by atoms with Crippen molar-refractivity contribution in [3.05, 3.63) is 48.2 Å². The summed E-state index contributed by atoms with van der Waals surface area (Å²) in [6.07, 6.45) is 1.00. The Bertz CT molecular complexity index is 1260. The van der Waals surface area contributed by atoms with E-state index in [2.05, 4.69) is 20.2 Å². The molecule has 0 radical (unpaired) electrons. The Morgan fingerprint density at radius 3 is 2.39 bits per heavy atom. The van der Waals surface area contributed by atoms with Gasteiger partial charge in [-0.3, -0.25) is 14.6 Å². The van der Waals surface area contributed by atoms with Gasteiger partial charge in [0.05, 0.1) is 22.5 Å². The number of fused-ring (bicyclic) bond motifs is 1. The number of carbonyl (C=O) groups excluding carboxylic acids is 1. The van der Waals surface area contributed by atoms with Gasteiger partial charge in [-0.05, 0) is 30.3 Å². The summed E-state index contributed by atoms with van der Waals surface area (Å²) in [4.78, 5) is 11.0. The average Bonchev–Trinajstić information content (AvgIpc) is 3.02. The maximum Gasteiger partial charge on any atom is 0.263 e. The van der Waals surface area contributed by atoms with Gasteiger partial charge in [0.25, 0.3) is 10.0 Å². The Hall–Kier alpha value is -2.92. The topological polar surface area (TPSA) is 138 Å². The molecule has 1 amide bonds. The summed E-state index contributed by atoms with van der Waals surface area (Å²) >= 11 is 0. The number of nitrogens with one attached hydrogen (secondary N) is 3. The van der Waals surface area contributed by atoms with Crippen molar-refractivity contribution < 1.29 is 21.6 Å². The van der Waals surface area contributed by atoms with Crippen LogP contribution in [0.3, 0.4) is 0 Å². The fraction of sp³-hybridized carbons (Fsp3) is 0.176. The lowest BCUT2D eigenvalue weighted by Gasteiger charge is -2.11. The van der Waals surface area contributed by atoms with Crippen LogP contribution in [0.2, 0.25) is 0 Å². The minimum atomic E-state index is -4.16. The molecule has 0 aliphatic rings. The van der Waals surface area contributed by atoms with Gasteiger partial charge in [-0.2, -0.15) is 5.10 Å². The van der Waals surface area contributed by atoms with E-state index in [1.165, 1.54) is 43.4 Å². The first kappa shape index (κ1) is 19.8. The molecular formula is C17H18N4O5S2. The third-order valence-electron chi connectivity index (χ3n) is 4.04. The van der Waals surface area contributed by atoms with Crippen LogP contribution >= 0.6 is 0 Å². The number of carbonyl (C=O) groups is 1. The lowest BCUT2D eigenvalue weighted by Crippen LogP contribution is -2.20. The number of benzene rings is 2. The number of sulfone groups is 1. The van der Waals surface area contributed by atoms with Gasteiger partial charge in [-0.15, -0.1) is 0 Å². The van der Waals surface area contributed by atoms with Crippen molar-refractivity contribution in [2.45, 2.75) is 16.2 Å². The molecule has 0 spiro atoms. The summed E-state index contributed by atoms with van der Waals surface area (Å²) in [5.41, 5.74) is 1.32. The van der Waals surface area contributed by atoms with Crippen LogP contribution in [0.4, 0.5) is 5.69 Å². The summed E-state index contributed by atoms with van der Waals surface area (Å²) in [6.45, 7) is 0. The van der Waals surface area contributed by atoms with Crippen LogP contribution in [0.15, 0.2) is 52.3 Å². The predicted molar refractivity (Wildman–Crippen MR) is 104 cm³/mol. The standard InChI is InChI=1S/C17H18N4O5S2/c1-18-17(22)10-14-12-9-11(7-8-13(12)19-20-14)21-28(25,26)16-6-4-3-5-15(16)27(2,23)24/h3-9,21H,10H2,1-2H3,(H,18,22)(H,19,20). The van der Waals surface area contributed by atoms with E-state index in [0.717, 1.165) is 6.26 Å². The normalized spacial score (nSPS) is 12.1. The largest absolute Gasteiger partial charge is 0.359 e. The zero-order chi connectivity index (χ0) is 20.5.